The Morgan fingerprint density at radius 1 is 1.55 bits per heavy atom. The standard InChI is InChI=1S/C9H13FO/c1-7-5-3-2-4-6-8(10)9(7)11/h6-7H,2-5H2,1H3. The number of carbonyl (C=O) groups is 1. The fraction of sp³-hybridized carbons (Fsp3) is 0.667. The van der Waals surface area contributed by atoms with Crippen LogP contribution in [-0.2, 0) is 4.79 Å². The first-order chi connectivity index (χ1) is 5.22. The average molecular weight is 156 g/mol. The molecule has 0 saturated carbocycles. The number of allylic oxidation sites excluding steroid dienone is 2. The van der Waals surface area contributed by atoms with E-state index in [0.717, 1.165) is 19.3 Å². The predicted molar refractivity (Wildman–Crippen MR) is 41.8 cm³/mol. The van der Waals surface area contributed by atoms with E-state index in [1.165, 1.54) is 6.08 Å². The number of hydrogen-bond donors (Lipinski definition) is 0. The Morgan fingerprint density at radius 3 is 3.00 bits per heavy atom. The molecular weight excluding hydrogens is 143 g/mol. The Bertz CT molecular complexity index is 184. The minimum atomic E-state index is -0.530. The number of ketones is 1. The molecule has 1 unspecified atom stereocenters. The fourth-order valence-electron chi connectivity index (χ4n) is 1.29. The molecule has 0 heterocycles. The van der Waals surface area contributed by atoms with Crippen LogP contribution in [0.15, 0.2) is 11.9 Å². The molecule has 0 aromatic carbocycles. The van der Waals surface area contributed by atoms with E-state index in [0.29, 0.717) is 6.42 Å². The van der Waals surface area contributed by atoms with E-state index in [4.69, 9.17) is 0 Å². The van der Waals surface area contributed by atoms with E-state index in [1.807, 2.05) is 0 Å². The molecule has 0 aromatic rings. The lowest BCUT2D eigenvalue weighted by Gasteiger charge is -2.10. The van der Waals surface area contributed by atoms with Crippen molar-refractivity contribution in [3.8, 4) is 0 Å². The van der Waals surface area contributed by atoms with Crippen molar-refractivity contribution in [3.63, 3.8) is 0 Å². The third-order valence-electron chi connectivity index (χ3n) is 2.10. The summed E-state index contributed by atoms with van der Waals surface area (Å²) >= 11 is 0. The fourth-order valence-corrected chi connectivity index (χ4v) is 1.29. The van der Waals surface area contributed by atoms with Crippen molar-refractivity contribution in [1.82, 2.24) is 0 Å². The summed E-state index contributed by atoms with van der Waals surface area (Å²) in [5.41, 5.74) is 0. The molecule has 0 aromatic heterocycles. The Labute approximate surface area is 66.3 Å². The highest BCUT2D eigenvalue weighted by Crippen LogP contribution is 2.19. The largest absolute Gasteiger partial charge is 0.291 e. The first-order valence-corrected chi connectivity index (χ1v) is 4.11. The summed E-state index contributed by atoms with van der Waals surface area (Å²) in [5, 5.41) is 0. The average Bonchev–Trinajstić information content (AvgIpc) is 2.00. The van der Waals surface area contributed by atoms with Gasteiger partial charge in [-0.2, -0.15) is 0 Å². The minimum Gasteiger partial charge on any atom is -0.291 e. The summed E-state index contributed by atoms with van der Waals surface area (Å²) < 4.78 is 12.8. The van der Waals surface area contributed by atoms with E-state index in [1.54, 1.807) is 6.92 Å². The number of halogens is 1. The Morgan fingerprint density at radius 2 is 2.27 bits per heavy atom. The van der Waals surface area contributed by atoms with Gasteiger partial charge in [-0.1, -0.05) is 13.3 Å². The zero-order chi connectivity index (χ0) is 8.27. The van der Waals surface area contributed by atoms with Gasteiger partial charge in [0.05, 0.1) is 0 Å². The lowest BCUT2D eigenvalue weighted by atomic mass is 9.95. The van der Waals surface area contributed by atoms with Crippen LogP contribution in [0.2, 0.25) is 0 Å². The van der Waals surface area contributed by atoms with Crippen molar-refractivity contribution >= 4 is 5.78 Å². The third-order valence-corrected chi connectivity index (χ3v) is 2.10. The van der Waals surface area contributed by atoms with Gasteiger partial charge in [-0.25, -0.2) is 4.39 Å². The van der Waals surface area contributed by atoms with Gasteiger partial charge in [0.15, 0.2) is 11.6 Å². The Kier molecular flexibility index (Phi) is 2.80. The van der Waals surface area contributed by atoms with Crippen LogP contribution in [0.3, 0.4) is 0 Å². The van der Waals surface area contributed by atoms with Crippen molar-refractivity contribution in [2.24, 2.45) is 5.92 Å². The van der Waals surface area contributed by atoms with Crippen LogP contribution < -0.4 is 0 Å². The molecule has 0 amide bonds. The van der Waals surface area contributed by atoms with Crippen LogP contribution >= 0.6 is 0 Å². The molecule has 1 nitrogen and oxygen atoms in total. The van der Waals surface area contributed by atoms with Gasteiger partial charge in [0.25, 0.3) is 0 Å². The van der Waals surface area contributed by atoms with Crippen LogP contribution in [0.1, 0.15) is 32.6 Å². The third kappa shape index (κ3) is 2.14. The second kappa shape index (κ2) is 3.65. The molecule has 1 aliphatic carbocycles. The molecule has 0 radical (unpaired) electrons. The summed E-state index contributed by atoms with van der Waals surface area (Å²) in [4.78, 5) is 11.1. The van der Waals surface area contributed by atoms with Crippen LogP contribution in [0.4, 0.5) is 4.39 Å². The quantitative estimate of drug-likeness (QED) is 0.527. The predicted octanol–water partition coefficient (Wildman–Crippen LogP) is 2.62. The smallest absolute Gasteiger partial charge is 0.193 e. The molecule has 0 N–H and O–H groups in total. The second-order valence-electron chi connectivity index (χ2n) is 3.10. The zero-order valence-electron chi connectivity index (χ0n) is 6.77. The Hall–Kier alpha value is -0.660. The Balaban J connectivity index is 2.69. The van der Waals surface area contributed by atoms with Gasteiger partial charge in [-0.3, -0.25) is 4.79 Å². The minimum absolute atomic E-state index is 0.119. The van der Waals surface area contributed by atoms with Gasteiger partial charge >= 0.3 is 0 Å². The summed E-state index contributed by atoms with van der Waals surface area (Å²) in [5.74, 6) is -0.964. The summed E-state index contributed by atoms with van der Waals surface area (Å²) in [6.45, 7) is 1.79. The summed E-state index contributed by atoms with van der Waals surface area (Å²) in [6.07, 6.45) is 5.00. The molecule has 0 spiro atoms. The zero-order valence-corrected chi connectivity index (χ0v) is 6.77. The van der Waals surface area contributed by atoms with Gasteiger partial charge in [-0.05, 0) is 25.3 Å². The van der Waals surface area contributed by atoms with Crippen molar-refractivity contribution in [2.45, 2.75) is 32.6 Å². The topological polar surface area (TPSA) is 17.1 Å². The van der Waals surface area contributed by atoms with Crippen LogP contribution in [0, 0.1) is 5.92 Å². The first kappa shape index (κ1) is 8.44. The van der Waals surface area contributed by atoms with Gasteiger partial charge in [0.1, 0.15) is 0 Å². The molecule has 1 aliphatic rings. The molecule has 11 heavy (non-hydrogen) atoms. The molecular formula is C9H13FO. The SMILES string of the molecule is CC1CCCCC=C(F)C1=O. The molecule has 1 rings (SSSR count). The van der Waals surface area contributed by atoms with E-state index >= 15 is 0 Å². The highest BCUT2D eigenvalue weighted by Gasteiger charge is 2.18. The first-order valence-electron chi connectivity index (χ1n) is 4.11. The van der Waals surface area contributed by atoms with Crippen LogP contribution in [-0.4, -0.2) is 5.78 Å². The molecule has 0 saturated heterocycles. The molecule has 62 valence electrons. The van der Waals surface area contributed by atoms with Crippen molar-refractivity contribution in [2.75, 3.05) is 0 Å². The van der Waals surface area contributed by atoms with Gasteiger partial charge < -0.3 is 0 Å². The summed E-state index contributed by atoms with van der Waals surface area (Å²) in [7, 11) is 0. The number of hydrogen-bond acceptors (Lipinski definition) is 1. The number of rotatable bonds is 0. The lowest BCUT2D eigenvalue weighted by Crippen LogP contribution is -2.12. The van der Waals surface area contributed by atoms with Crippen molar-refractivity contribution in [3.05, 3.63) is 11.9 Å². The second-order valence-corrected chi connectivity index (χ2v) is 3.10. The van der Waals surface area contributed by atoms with Gasteiger partial charge in [-0.15, -0.1) is 0 Å². The molecule has 0 fully saturated rings. The van der Waals surface area contributed by atoms with Crippen molar-refractivity contribution in [1.29, 1.82) is 0 Å². The van der Waals surface area contributed by atoms with E-state index in [-0.39, 0.29) is 11.7 Å². The monoisotopic (exact) mass is 156 g/mol. The lowest BCUT2D eigenvalue weighted by molar-refractivity contribution is -0.120. The maximum absolute atomic E-state index is 12.8. The molecule has 0 aliphatic heterocycles. The normalized spacial score (nSPS) is 27.3. The van der Waals surface area contributed by atoms with Crippen LogP contribution in [0.25, 0.3) is 0 Å². The summed E-state index contributed by atoms with van der Waals surface area (Å²) in [6, 6.07) is 0. The van der Waals surface area contributed by atoms with Gasteiger partial charge in [0, 0.05) is 5.92 Å². The van der Waals surface area contributed by atoms with E-state index < -0.39 is 5.83 Å². The number of Topliss-reactive ketones (excluding diaryl/α,β-unsaturated/α-hetero) is 1. The highest BCUT2D eigenvalue weighted by atomic mass is 19.1. The maximum Gasteiger partial charge on any atom is 0.193 e. The van der Waals surface area contributed by atoms with Crippen LogP contribution in [0.5, 0.6) is 0 Å². The van der Waals surface area contributed by atoms with Gasteiger partial charge in [0.2, 0.25) is 0 Å². The van der Waals surface area contributed by atoms with E-state index in [2.05, 4.69) is 0 Å². The molecule has 2 heteroatoms. The van der Waals surface area contributed by atoms with Crippen molar-refractivity contribution < 1.29 is 9.18 Å². The number of carbonyl (C=O) groups excluding carboxylic acids is 1. The molecule has 0 bridgehead atoms. The highest BCUT2D eigenvalue weighted by molar-refractivity contribution is 5.94. The van der Waals surface area contributed by atoms with E-state index in [9.17, 15) is 9.18 Å². The maximum atomic E-state index is 12.8. The molecule has 1 atom stereocenters.